The summed E-state index contributed by atoms with van der Waals surface area (Å²) in [6.45, 7) is 4.67. The van der Waals surface area contributed by atoms with Gasteiger partial charge in [0.2, 0.25) is 0 Å². The number of carbonyl (C=O) groups is 3. The second kappa shape index (κ2) is 8.04. The lowest BCUT2D eigenvalue weighted by Crippen LogP contribution is -2.46. The Morgan fingerprint density at radius 2 is 1.85 bits per heavy atom. The first-order valence-electron chi connectivity index (χ1n) is 8.59. The number of amides is 1. The molecule has 0 spiro atoms. The maximum Gasteiger partial charge on any atom is 0.355 e. The molecular formula is C18H23N3O5. The van der Waals surface area contributed by atoms with Crippen LogP contribution in [-0.4, -0.2) is 41.6 Å². The monoisotopic (exact) mass is 361 g/mol. The van der Waals surface area contributed by atoms with Gasteiger partial charge in [0, 0.05) is 5.69 Å². The molecule has 8 nitrogen and oxygen atoms in total. The van der Waals surface area contributed by atoms with Crippen LogP contribution in [-0.2, 0) is 14.3 Å². The lowest BCUT2D eigenvalue weighted by Gasteiger charge is -2.21. The van der Waals surface area contributed by atoms with Crippen LogP contribution >= 0.6 is 0 Å². The van der Waals surface area contributed by atoms with Crippen LogP contribution in [0, 0.1) is 25.2 Å². The number of carbonyl (C=O) groups excluding carboxylic acids is 3. The van der Waals surface area contributed by atoms with Crippen molar-refractivity contribution in [3.05, 3.63) is 22.5 Å². The summed E-state index contributed by atoms with van der Waals surface area (Å²) in [5.41, 5.74) is 0.406. The van der Waals surface area contributed by atoms with Crippen LogP contribution in [0.4, 0.5) is 0 Å². The van der Waals surface area contributed by atoms with Crippen molar-refractivity contribution in [3.8, 4) is 6.07 Å². The number of nitriles is 1. The van der Waals surface area contributed by atoms with E-state index in [0.29, 0.717) is 24.1 Å². The molecule has 1 amide bonds. The van der Waals surface area contributed by atoms with E-state index in [-0.39, 0.29) is 17.9 Å². The number of hydrogen-bond acceptors (Lipinski definition) is 6. The molecule has 1 aromatic heterocycles. The van der Waals surface area contributed by atoms with Gasteiger partial charge in [-0.3, -0.25) is 4.79 Å². The van der Waals surface area contributed by atoms with Crippen molar-refractivity contribution < 1.29 is 23.9 Å². The van der Waals surface area contributed by atoms with Gasteiger partial charge in [-0.25, -0.2) is 9.59 Å². The highest BCUT2D eigenvalue weighted by Crippen LogP contribution is 2.28. The molecule has 0 radical (unpaired) electrons. The molecule has 2 N–H and O–H groups in total. The van der Waals surface area contributed by atoms with Crippen molar-refractivity contribution in [3.63, 3.8) is 0 Å². The molecule has 26 heavy (non-hydrogen) atoms. The van der Waals surface area contributed by atoms with E-state index in [4.69, 9.17) is 9.47 Å². The van der Waals surface area contributed by atoms with E-state index in [2.05, 4.69) is 16.4 Å². The van der Waals surface area contributed by atoms with Crippen molar-refractivity contribution in [2.24, 2.45) is 0 Å². The largest absolute Gasteiger partial charge is 0.461 e. The molecule has 0 aromatic carbocycles. The van der Waals surface area contributed by atoms with Crippen molar-refractivity contribution in [2.75, 3.05) is 13.2 Å². The standard InChI is InChI=1S/C18H23N3O5/c1-4-25-17(24)15-11(2)14(12(3)20-15)16(23)26-9-13(22)21-18(10-19)7-5-6-8-18/h20H,4-9H2,1-3H3,(H,21,22). The molecular weight excluding hydrogens is 338 g/mol. The fourth-order valence-electron chi connectivity index (χ4n) is 3.21. The maximum atomic E-state index is 12.3. The summed E-state index contributed by atoms with van der Waals surface area (Å²) in [5.74, 6) is -1.78. The summed E-state index contributed by atoms with van der Waals surface area (Å²) in [6.07, 6.45) is 2.96. The minimum Gasteiger partial charge on any atom is -0.461 e. The Bertz CT molecular complexity index is 754. The van der Waals surface area contributed by atoms with E-state index in [1.54, 1.807) is 20.8 Å². The lowest BCUT2D eigenvalue weighted by atomic mass is 10.00. The van der Waals surface area contributed by atoms with Crippen LogP contribution in [0.1, 0.15) is 64.7 Å². The quantitative estimate of drug-likeness (QED) is 0.747. The molecule has 140 valence electrons. The number of aromatic amines is 1. The average molecular weight is 361 g/mol. The molecule has 0 aliphatic heterocycles. The van der Waals surface area contributed by atoms with Gasteiger partial charge in [-0.05, 0) is 52.0 Å². The molecule has 8 heteroatoms. The Morgan fingerprint density at radius 3 is 2.42 bits per heavy atom. The normalized spacial score (nSPS) is 15.2. The molecule has 1 fully saturated rings. The average Bonchev–Trinajstić information content (AvgIpc) is 3.18. The van der Waals surface area contributed by atoms with Crippen LogP contribution in [0.2, 0.25) is 0 Å². The van der Waals surface area contributed by atoms with Gasteiger partial charge in [0.25, 0.3) is 5.91 Å². The third-order valence-electron chi connectivity index (χ3n) is 4.51. The van der Waals surface area contributed by atoms with Crippen LogP contribution in [0.15, 0.2) is 0 Å². The fourth-order valence-corrected chi connectivity index (χ4v) is 3.21. The molecule has 0 saturated heterocycles. The summed E-state index contributed by atoms with van der Waals surface area (Å²) in [4.78, 5) is 39.1. The zero-order chi connectivity index (χ0) is 19.3. The number of rotatable bonds is 6. The summed E-state index contributed by atoms with van der Waals surface area (Å²) >= 11 is 0. The smallest absolute Gasteiger partial charge is 0.355 e. The van der Waals surface area contributed by atoms with Crippen LogP contribution in [0.5, 0.6) is 0 Å². The Hall–Kier alpha value is -2.82. The highest BCUT2D eigenvalue weighted by atomic mass is 16.5. The number of esters is 2. The first-order chi connectivity index (χ1) is 12.3. The fraction of sp³-hybridized carbons (Fsp3) is 0.556. The molecule has 0 atom stereocenters. The van der Waals surface area contributed by atoms with Crippen LogP contribution < -0.4 is 5.32 Å². The first kappa shape index (κ1) is 19.5. The van der Waals surface area contributed by atoms with Gasteiger partial charge in [0.15, 0.2) is 6.61 Å². The topological polar surface area (TPSA) is 121 Å². The number of ether oxygens (including phenoxy) is 2. The van der Waals surface area contributed by atoms with E-state index >= 15 is 0 Å². The molecule has 0 bridgehead atoms. The highest BCUT2D eigenvalue weighted by Gasteiger charge is 2.35. The van der Waals surface area contributed by atoms with E-state index in [0.717, 1.165) is 12.8 Å². The zero-order valence-electron chi connectivity index (χ0n) is 15.2. The predicted molar refractivity (Wildman–Crippen MR) is 91.5 cm³/mol. The number of H-pyrrole nitrogens is 1. The van der Waals surface area contributed by atoms with E-state index < -0.39 is 30.0 Å². The zero-order valence-corrected chi connectivity index (χ0v) is 15.2. The Kier molecular flexibility index (Phi) is 6.03. The van der Waals surface area contributed by atoms with E-state index in [1.807, 2.05) is 0 Å². The molecule has 1 aliphatic rings. The number of aryl methyl sites for hydroxylation is 1. The molecule has 0 unspecified atom stereocenters. The number of hydrogen-bond donors (Lipinski definition) is 2. The minimum absolute atomic E-state index is 0.190. The van der Waals surface area contributed by atoms with Crippen molar-refractivity contribution in [1.82, 2.24) is 10.3 Å². The second-order valence-corrected chi connectivity index (χ2v) is 6.37. The van der Waals surface area contributed by atoms with E-state index in [9.17, 15) is 19.6 Å². The number of aromatic nitrogens is 1. The predicted octanol–water partition coefficient (Wildman–Crippen LogP) is 1.92. The third-order valence-corrected chi connectivity index (χ3v) is 4.51. The van der Waals surface area contributed by atoms with Gasteiger partial charge in [-0.2, -0.15) is 5.26 Å². The molecule has 1 heterocycles. The maximum absolute atomic E-state index is 12.3. The van der Waals surface area contributed by atoms with Crippen LogP contribution in [0.3, 0.4) is 0 Å². The van der Waals surface area contributed by atoms with Gasteiger partial charge in [-0.1, -0.05) is 0 Å². The number of nitrogens with one attached hydrogen (secondary N) is 2. The molecule has 1 saturated carbocycles. The lowest BCUT2D eigenvalue weighted by molar-refractivity contribution is -0.125. The van der Waals surface area contributed by atoms with Gasteiger partial charge < -0.3 is 19.8 Å². The van der Waals surface area contributed by atoms with Crippen molar-refractivity contribution in [1.29, 1.82) is 5.26 Å². The molecule has 2 rings (SSSR count). The Labute approximate surface area is 151 Å². The SMILES string of the molecule is CCOC(=O)c1[nH]c(C)c(C(=O)OCC(=O)NC2(C#N)CCCC2)c1C. The van der Waals surface area contributed by atoms with Gasteiger partial charge in [0.1, 0.15) is 11.2 Å². The Morgan fingerprint density at radius 1 is 1.19 bits per heavy atom. The number of nitrogens with zero attached hydrogens (tertiary/aromatic N) is 1. The van der Waals surface area contributed by atoms with Gasteiger partial charge in [-0.15, -0.1) is 0 Å². The van der Waals surface area contributed by atoms with Gasteiger partial charge in [0.05, 0.1) is 18.2 Å². The van der Waals surface area contributed by atoms with Crippen molar-refractivity contribution >= 4 is 17.8 Å². The van der Waals surface area contributed by atoms with E-state index in [1.165, 1.54) is 0 Å². The summed E-state index contributed by atoms with van der Waals surface area (Å²) in [7, 11) is 0. The van der Waals surface area contributed by atoms with Crippen LogP contribution in [0.25, 0.3) is 0 Å². The minimum atomic E-state index is -0.861. The van der Waals surface area contributed by atoms with Gasteiger partial charge >= 0.3 is 11.9 Å². The Balaban J connectivity index is 2.01. The molecule has 1 aliphatic carbocycles. The first-order valence-corrected chi connectivity index (χ1v) is 8.59. The summed E-state index contributed by atoms with van der Waals surface area (Å²) in [6, 6.07) is 2.14. The second-order valence-electron chi connectivity index (χ2n) is 6.37. The highest BCUT2D eigenvalue weighted by molar-refractivity contribution is 5.99. The molecule has 1 aromatic rings. The summed E-state index contributed by atoms with van der Waals surface area (Å²) in [5, 5.41) is 11.9. The van der Waals surface area contributed by atoms with Crippen molar-refractivity contribution in [2.45, 2.75) is 52.0 Å². The summed E-state index contributed by atoms with van der Waals surface area (Å²) < 4.78 is 10.0. The third kappa shape index (κ3) is 4.04.